The molecule has 0 aliphatic carbocycles. The largest absolute Gasteiger partial charge is 0.347 e. The Morgan fingerprint density at radius 1 is 1.14 bits per heavy atom. The van der Waals surface area contributed by atoms with Crippen molar-refractivity contribution in [2.45, 2.75) is 12.1 Å². The number of nitrogens with zero attached hydrogens (tertiary/aromatic N) is 1. The SMILES string of the molecule is Cc1ccc(NC(=O)C(=O)NCCSc2ncc(-c3ccccc3)[nH]2)cc1Cl. The fourth-order valence-corrected chi connectivity index (χ4v) is 3.28. The molecular formula is C20H19ClN4O2S. The minimum absolute atomic E-state index is 0.340. The maximum absolute atomic E-state index is 11.9. The highest BCUT2D eigenvalue weighted by molar-refractivity contribution is 7.99. The van der Waals surface area contributed by atoms with Crippen LogP contribution in [-0.2, 0) is 9.59 Å². The van der Waals surface area contributed by atoms with Gasteiger partial charge in [-0.1, -0.05) is 59.8 Å². The first-order valence-electron chi connectivity index (χ1n) is 8.61. The van der Waals surface area contributed by atoms with Crippen LogP contribution in [0.15, 0.2) is 59.9 Å². The second-order valence-electron chi connectivity index (χ2n) is 5.99. The van der Waals surface area contributed by atoms with E-state index in [0.717, 1.165) is 22.0 Å². The first-order chi connectivity index (χ1) is 13.5. The van der Waals surface area contributed by atoms with E-state index in [2.05, 4.69) is 20.6 Å². The second-order valence-corrected chi connectivity index (χ2v) is 7.48. The Bertz CT molecular complexity index is 975. The number of anilines is 1. The molecule has 0 radical (unpaired) electrons. The predicted octanol–water partition coefficient (Wildman–Crippen LogP) is 3.89. The van der Waals surface area contributed by atoms with Crippen LogP contribution in [0, 0.1) is 6.92 Å². The van der Waals surface area contributed by atoms with Crippen molar-refractivity contribution < 1.29 is 9.59 Å². The molecule has 1 aromatic heterocycles. The average molecular weight is 415 g/mol. The highest BCUT2D eigenvalue weighted by atomic mass is 35.5. The van der Waals surface area contributed by atoms with E-state index in [1.807, 2.05) is 37.3 Å². The minimum atomic E-state index is -0.728. The zero-order chi connectivity index (χ0) is 19.9. The van der Waals surface area contributed by atoms with Gasteiger partial charge in [-0.05, 0) is 30.2 Å². The van der Waals surface area contributed by atoms with Crippen molar-refractivity contribution in [3.8, 4) is 11.3 Å². The Morgan fingerprint density at radius 2 is 1.93 bits per heavy atom. The Hall–Kier alpha value is -2.77. The number of carbonyl (C=O) groups excluding carboxylic acids is 2. The summed E-state index contributed by atoms with van der Waals surface area (Å²) in [7, 11) is 0. The summed E-state index contributed by atoms with van der Waals surface area (Å²) in [5.41, 5.74) is 3.37. The molecule has 0 saturated carbocycles. The molecule has 0 aliphatic heterocycles. The second kappa shape index (κ2) is 9.43. The Balaban J connectivity index is 1.42. The minimum Gasteiger partial charge on any atom is -0.347 e. The maximum Gasteiger partial charge on any atom is 0.313 e. The molecule has 0 spiro atoms. The Morgan fingerprint density at radius 3 is 2.68 bits per heavy atom. The number of aromatic amines is 1. The van der Waals surface area contributed by atoms with Gasteiger partial charge in [0.1, 0.15) is 0 Å². The molecule has 28 heavy (non-hydrogen) atoms. The summed E-state index contributed by atoms with van der Waals surface area (Å²) in [5.74, 6) is -0.840. The van der Waals surface area contributed by atoms with Crippen LogP contribution in [0.5, 0.6) is 0 Å². The van der Waals surface area contributed by atoms with Crippen LogP contribution in [0.1, 0.15) is 5.56 Å². The first-order valence-corrected chi connectivity index (χ1v) is 9.98. The molecule has 2 aromatic carbocycles. The molecule has 2 amide bonds. The summed E-state index contributed by atoms with van der Waals surface area (Å²) in [6.45, 7) is 2.20. The van der Waals surface area contributed by atoms with Crippen LogP contribution < -0.4 is 10.6 Å². The molecule has 8 heteroatoms. The van der Waals surface area contributed by atoms with Crippen molar-refractivity contribution in [3.63, 3.8) is 0 Å². The van der Waals surface area contributed by atoms with Crippen LogP contribution >= 0.6 is 23.4 Å². The average Bonchev–Trinajstić information content (AvgIpc) is 3.17. The van der Waals surface area contributed by atoms with E-state index in [0.29, 0.717) is 23.0 Å². The summed E-state index contributed by atoms with van der Waals surface area (Å²) in [6, 6.07) is 15.0. The van der Waals surface area contributed by atoms with Crippen molar-refractivity contribution in [1.82, 2.24) is 15.3 Å². The Labute approximate surface area is 172 Å². The van der Waals surface area contributed by atoms with Crippen LogP contribution in [0.3, 0.4) is 0 Å². The fourth-order valence-electron chi connectivity index (χ4n) is 2.39. The van der Waals surface area contributed by atoms with Gasteiger partial charge in [0, 0.05) is 23.0 Å². The fraction of sp³-hybridized carbons (Fsp3) is 0.150. The van der Waals surface area contributed by atoms with E-state index in [9.17, 15) is 9.59 Å². The number of imidazole rings is 1. The normalized spacial score (nSPS) is 10.5. The van der Waals surface area contributed by atoms with Crippen molar-refractivity contribution >= 4 is 40.9 Å². The lowest BCUT2D eigenvalue weighted by molar-refractivity contribution is -0.136. The molecule has 0 atom stereocenters. The topological polar surface area (TPSA) is 86.9 Å². The molecule has 0 aliphatic rings. The van der Waals surface area contributed by atoms with Crippen molar-refractivity contribution in [3.05, 3.63) is 65.3 Å². The molecular weight excluding hydrogens is 396 g/mol. The number of aryl methyl sites for hydroxylation is 1. The standard InChI is InChI=1S/C20H19ClN4O2S/c1-13-7-8-15(11-16(13)21)24-19(27)18(26)22-9-10-28-20-23-12-17(25-20)14-5-3-2-4-6-14/h2-8,11-12H,9-10H2,1H3,(H,22,26)(H,23,25)(H,24,27). The summed E-state index contributed by atoms with van der Waals surface area (Å²) in [6.07, 6.45) is 1.77. The number of amides is 2. The number of halogens is 1. The van der Waals surface area contributed by atoms with E-state index in [1.54, 1.807) is 24.4 Å². The van der Waals surface area contributed by atoms with E-state index in [4.69, 9.17) is 11.6 Å². The van der Waals surface area contributed by atoms with E-state index in [-0.39, 0.29) is 0 Å². The van der Waals surface area contributed by atoms with Gasteiger partial charge < -0.3 is 15.6 Å². The smallest absolute Gasteiger partial charge is 0.313 e. The van der Waals surface area contributed by atoms with Crippen molar-refractivity contribution in [2.75, 3.05) is 17.6 Å². The summed E-state index contributed by atoms with van der Waals surface area (Å²) < 4.78 is 0. The summed E-state index contributed by atoms with van der Waals surface area (Å²) in [5, 5.41) is 6.41. The lowest BCUT2D eigenvalue weighted by atomic mass is 10.2. The van der Waals surface area contributed by atoms with Crippen LogP contribution in [0.2, 0.25) is 5.02 Å². The molecule has 144 valence electrons. The number of hydrogen-bond acceptors (Lipinski definition) is 4. The van der Waals surface area contributed by atoms with Crippen LogP contribution in [0.25, 0.3) is 11.3 Å². The lowest BCUT2D eigenvalue weighted by Gasteiger charge is -2.07. The van der Waals surface area contributed by atoms with E-state index >= 15 is 0 Å². The number of benzene rings is 2. The molecule has 0 bridgehead atoms. The molecule has 3 aromatic rings. The molecule has 6 nitrogen and oxygen atoms in total. The number of carbonyl (C=O) groups is 2. The van der Waals surface area contributed by atoms with Gasteiger partial charge in [0.2, 0.25) is 0 Å². The van der Waals surface area contributed by atoms with Gasteiger partial charge in [-0.3, -0.25) is 9.59 Å². The highest BCUT2D eigenvalue weighted by Gasteiger charge is 2.13. The third kappa shape index (κ3) is 5.37. The number of nitrogens with one attached hydrogen (secondary N) is 3. The first kappa shape index (κ1) is 20.0. The van der Waals surface area contributed by atoms with Gasteiger partial charge in [-0.15, -0.1) is 0 Å². The maximum atomic E-state index is 11.9. The van der Waals surface area contributed by atoms with Crippen LogP contribution in [0.4, 0.5) is 5.69 Å². The van der Waals surface area contributed by atoms with Gasteiger partial charge in [0.25, 0.3) is 0 Å². The zero-order valence-corrected chi connectivity index (χ0v) is 16.7. The van der Waals surface area contributed by atoms with Gasteiger partial charge >= 0.3 is 11.8 Å². The number of hydrogen-bond donors (Lipinski definition) is 3. The van der Waals surface area contributed by atoms with Crippen molar-refractivity contribution in [2.24, 2.45) is 0 Å². The van der Waals surface area contributed by atoms with Crippen molar-refractivity contribution in [1.29, 1.82) is 0 Å². The van der Waals surface area contributed by atoms with Gasteiger partial charge in [0.15, 0.2) is 5.16 Å². The molecule has 3 N–H and O–H groups in total. The third-order valence-electron chi connectivity index (χ3n) is 3.90. The van der Waals surface area contributed by atoms with Gasteiger partial charge in [0.05, 0.1) is 11.9 Å². The molecule has 1 heterocycles. The molecule has 0 saturated heterocycles. The molecule has 0 fully saturated rings. The number of thioether (sulfide) groups is 1. The highest BCUT2D eigenvalue weighted by Crippen LogP contribution is 2.21. The summed E-state index contributed by atoms with van der Waals surface area (Å²) in [4.78, 5) is 31.4. The quantitative estimate of drug-likeness (QED) is 0.324. The van der Waals surface area contributed by atoms with Gasteiger partial charge in [-0.2, -0.15) is 0 Å². The molecule has 3 rings (SSSR count). The zero-order valence-electron chi connectivity index (χ0n) is 15.2. The Kier molecular flexibility index (Phi) is 6.73. The predicted molar refractivity (Wildman–Crippen MR) is 113 cm³/mol. The van der Waals surface area contributed by atoms with Gasteiger partial charge in [-0.25, -0.2) is 4.98 Å². The monoisotopic (exact) mass is 414 g/mol. The number of H-pyrrole nitrogens is 1. The number of aromatic nitrogens is 2. The third-order valence-corrected chi connectivity index (χ3v) is 5.20. The summed E-state index contributed by atoms with van der Waals surface area (Å²) >= 11 is 7.48. The van der Waals surface area contributed by atoms with Crippen LogP contribution in [-0.4, -0.2) is 34.1 Å². The lowest BCUT2D eigenvalue weighted by Crippen LogP contribution is -2.36. The van der Waals surface area contributed by atoms with E-state index < -0.39 is 11.8 Å². The number of rotatable bonds is 6. The van der Waals surface area contributed by atoms with E-state index in [1.165, 1.54) is 11.8 Å². The molecule has 0 unspecified atom stereocenters.